The highest BCUT2D eigenvalue weighted by Crippen LogP contribution is 2.39. The van der Waals surface area contributed by atoms with Crippen molar-refractivity contribution in [2.24, 2.45) is 0 Å². The molecule has 0 spiro atoms. The zero-order valence-corrected chi connectivity index (χ0v) is 17.4. The number of H-pyrrole nitrogens is 1. The van der Waals surface area contributed by atoms with Crippen molar-refractivity contribution in [3.63, 3.8) is 0 Å². The van der Waals surface area contributed by atoms with Crippen LogP contribution in [0.2, 0.25) is 5.02 Å². The number of fused-ring (bicyclic) bond motifs is 1. The van der Waals surface area contributed by atoms with Crippen LogP contribution in [-0.2, 0) is 0 Å². The van der Waals surface area contributed by atoms with E-state index in [0.29, 0.717) is 38.9 Å². The molecule has 2 N–H and O–H groups in total. The van der Waals surface area contributed by atoms with Gasteiger partial charge in [0.1, 0.15) is 6.17 Å². The highest BCUT2D eigenvalue weighted by Gasteiger charge is 2.38. The van der Waals surface area contributed by atoms with Crippen LogP contribution in [0.1, 0.15) is 27.8 Å². The zero-order valence-electron chi connectivity index (χ0n) is 16.7. The predicted octanol–water partition coefficient (Wildman–Crippen LogP) is 4.90. The lowest BCUT2D eigenvalue weighted by Crippen LogP contribution is -2.45. The van der Waals surface area contributed by atoms with Crippen LogP contribution in [0.4, 0.5) is 11.4 Å². The van der Waals surface area contributed by atoms with Gasteiger partial charge >= 0.3 is 0 Å². The van der Waals surface area contributed by atoms with Crippen molar-refractivity contribution >= 4 is 28.9 Å². The van der Waals surface area contributed by atoms with Gasteiger partial charge in [0, 0.05) is 11.4 Å². The van der Waals surface area contributed by atoms with E-state index < -0.39 is 6.17 Å². The smallest absolute Gasteiger partial charge is 0.278 e. The Kier molecular flexibility index (Phi) is 4.64. The first-order chi connectivity index (χ1) is 15.1. The van der Waals surface area contributed by atoms with Gasteiger partial charge in [0.05, 0.1) is 27.5 Å². The van der Waals surface area contributed by atoms with E-state index in [9.17, 15) is 9.59 Å². The standard InChI is InChI=1S/C24H19ClN4O2/c1-15-21(24(31)29(27-15)16-9-3-2-4-10-16)22-26-19-13-7-5-11-17(19)23(30)28(22)20-14-8-6-12-18(20)25/h2-14,22,26-27H,1H3/t22-/m1/s1. The molecule has 0 saturated heterocycles. The van der Waals surface area contributed by atoms with E-state index in [1.54, 1.807) is 29.2 Å². The number of aromatic amines is 1. The molecule has 0 bridgehead atoms. The fourth-order valence-corrected chi connectivity index (χ4v) is 4.22. The molecule has 7 heteroatoms. The third kappa shape index (κ3) is 3.12. The maximum atomic E-state index is 13.6. The molecule has 4 aromatic rings. The molecule has 154 valence electrons. The number of hydrogen-bond acceptors (Lipinski definition) is 3. The number of nitrogens with one attached hydrogen (secondary N) is 2. The van der Waals surface area contributed by atoms with Gasteiger partial charge in [0.2, 0.25) is 0 Å². The Bertz CT molecular complexity index is 1340. The SMILES string of the molecule is Cc1[nH]n(-c2ccccc2)c(=O)c1[C@@H]1Nc2ccccc2C(=O)N1c1ccccc1Cl. The first-order valence-electron chi connectivity index (χ1n) is 9.87. The number of rotatable bonds is 3. The Morgan fingerprint density at radius 2 is 1.55 bits per heavy atom. The Labute approximate surface area is 183 Å². The first kappa shape index (κ1) is 19.2. The van der Waals surface area contributed by atoms with Gasteiger partial charge < -0.3 is 5.32 Å². The highest BCUT2D eigenvalue weighted by molar-refractivity contribution is 6.34. The van der Waals surface area contributed by atoms with E-state index in [4.69, 9.17) is 11.6 Å². The number of aromatic nitrogens is 2. The summed E-state index contributed by atoms with van der Waals surface area (Å²) in [6.07, 6.45) is -0.726. The number of para-hydroxylation sites is 3. The van der Waals surface area contributed by atoms with Gasteiger partial charge in [-0.1, -0.05) is 54.1 Å². The van der Waals surface area contributed by atoms with Crippen molar-refractivity contribution in [1.29, 1.82) is 0 Å². The van der Waals surface area contributed by atoms with E-state index >= 15 is 0 Å². The summed E-state index contributed by atoms with van der Waals surface area (Å²) in [6.45, 7) is 1.83. The van der Waals surface area contributed by atoms with Crippen molar-refractivity contribution in [3.05, 3.63) is 111 Å². The average Bonchev–Trinajstić information content (AvgIpc) is 3.09. The van der Waals surface area contributed by atoms with Gasteiger partial charge in [-0.25, -0.2) is 4.68 Å². The number of amides is 1. The lowest BCUT2D eigenvalue weighted by atomic mass is 10.0. The molecule has 2 heterocycles. The third-order valence-electron chi connectivity index (χ3n) is 5.44. The predicted molar refractivity (Wildman–Crippen MR) is 122 cm³/mol. The lowest BCUT2D eigenvalue weighted by Gasteiger charge is -2.37. The van der Waals surface area contributed by atoms with Crippen molar-refractivity contribution in [3.8, 4) is 5.69 Å². The molecular formula is C24H19ClN4O2. The number of aryl methyl sites for hydroxylation is 1. The molecule has 1 aliphatic heterocycles. The number of carbonyl (C=O) groups is 1. The largest absolute Gasteiger partial charge is 0.360 e. The number of halogens is 1. The highest BCUT2D eigenvalue weighted by atomic mass is 35.5. The molecule has 6 nitrogen and oxygen atoms in total. The maximum Gasteiger partial charge on any atom is 0.278 e. The molecule has 1 amide bonds. The lowest BCUT2D eigenvalue weighted by molar-refractivity contribution is 0.0975. The molecule has 0 aliphatic carbocycles. The van der Waals surface area contributed by atoms with Gasteiger partial charge in [-0.3, -0.25) is 19.6 Å². The fraction of sp³-hybridized carbons (Fsp3) is 0.0833. The second kappa shape index (κ2) is 7.49. The summed E-state index contributed by atoms with van der Waals surface area (Å²) in [5, 5.41) is 6.95. The number of anilines is 2. The van der Waals surface area contributed by atoms with Crippen molar-refractivity contribution < 1.29 is 4.79 Å². The summed E-state index contributed by atoms with van der Waals surface area (Å²) >= 11 is 6.47. The van der Waals surface area contributed by atoms with Gasteiger partial charge in [0.25, 0.3) is 11.5 Å². The van der Waals surface area contributed by atoms with E-state index in [-0.39, 0.29) is 11.5 Å². The van der Waals surface area contributed by atoms with E-state index in [1.807, 2.05) is 61.5 Å². The van der Waals surface area contributed by atoms with Crippen LogP contribution in [0.5, 0.6) is 0 Å². The molecule has 1 aromatic heterocycles. The van der Waals surface area contributed by atoms with Crippen LogP contribution in [0.3, 0.4) is 0 Å². The molecule has 31 heavy (non-hydrogen) atoms. The maximum absolute atomic E-state index is 13.6. The summed E-state index contributed by atoms with van der Waals surface area (Å²) in [4.78, 5) is 28.6. The molecule has 1 atom stereocenters. The van der Waals surface area contributed by atoms with E-state index in [2.05, 4.69) is 10.4 Å². The van der Waals surface area contributed by atoms with Gasteiger partial charge in [-0.15, -0.1) is 0 Å². The molecule has 1 aliphatic rings. The zero-order chi connectivity index (χ0) is 21.5. The van der Waals surface area contributed by atoms with Gasteiger partial charge in [-0.2, -0.15) is 0 Å². The fourth-order valence-electron chi connectivity index (χ4n) is 3.99. The van der Waals surface area contributed by atoms with Crippen LogP contribution in [0.15, 0.2) is 83.7 Å². The number of benzene rings is 3. The Balaban J connectivity index is 1.72. The summed E-state index contributed by atoms with van der Waals surface area (Å²) < 4.78 is 1.49. The Morgan fingerprint density at radius 3 is 2.32 bits per heavy atom. The normalized spacial score (nSPS) is 15.5. The van der Waals surface area contributed by atoms with Crippen molar-refractivity contribution in [1.82, 2.24) is 9.78 Å². The summed E-state index contributed by atoms with van der Waals surface area (Å²) in [5.74, 6) is -0.223. The van der Waals surface area contributed by atoms with Crippen LogP contribution >= 0.6 is 11.6 Å². The van der Waals surface area contributed by atoms with Gasteiger partial charge in [0.15, 0.2) is 0 Å². The topological polar surface area (TPSA) is 70.1 Å². The number of nitrogens with zero attached hydrogens (tertiary/aromatic N) is 2. The third-order valence-corrected chi connectivity index (χ3v) is 5.76. The monoisotopic (exact) mass is 430 g/mol. The summed E-state index contributed by atoms with van der Waals surface area (Å²) in [7, 11) is 0. The molecule has 3 aromatic carbocycles. The Morgan fingerprint density at radius 1 is 0.871 bits per heavy atom. The second-order valence-electron chi connectivity index (χ2n) is 7.35. The quantitative estimate of drug-likeness (QED) is 0.485. The molecule has 0 saturated carbocycles. The number of carbonyl (C=O) groups excluding carboxylic acids is 1. The Hall–Kier alpha value is -3.77. The van der Waals surface area contributed by atoms with Crippen LogP contribution in [0.25, 0.3) is 5.69 Å². The van der Waals surface area contributed by atoms with Crippen LogP contribution in [0, 0.1) is 6.92 Å². The minimum absolute atomic E-state index is 0.223. The van der Waals surface area contributed by atoms with Gasteiger partial charge in [-0.05, 0) is 43.3 Å². The molecule has 0 radical (unpaired) electrons. The van der Waals surface area contributed by atoms with Crippen molar-refractivity contribution in [2.45, 2.75) is 13.1 Å². The van der Waals surface area contributed by atoms with Crippen LogP contribution < -0.4 is 15.8 Å². The first-order valence-corrected chi connectivity index (χ1v) is 10.2. The molecular weight excluding hydrogens is 412 g/mol. The molecule has 0 fully saturated rings. The molecule has 0 unspecified atom stereocenters. The summed E-state index contributed by atoms with van der Waals surface area (Å²) in [6, 6.07) is 23.7. The van der Waals surface area contributed by atoms with E-state index in [1.165, 1.54) is 4.68 Å². The van der Waals surface area contributed by atoms with Crippen LogP contribution in [-0.4, -0.2) is 15.7 Å². The van der Waals surface area contributed by atoms with Crippen molar-refractivity contribution in [2.75, 3.05) is 10.2 Å². The number of hydrogen-bond donors (Lipinski definition) is 2. The molecule has 5 rings (SSSR count). The summed E-state index contributed by atoms with van der Waals surface area (Å²) in [5.41, 5.74) is 3.33. The second-order valence-corrected chi connectivity index (χ2v) is 7.75. The average molecular weight is 431 g/mol. The van der Waals surface area contributed by atoms with E-state index in [0.717, 1.165) is 0 Å². The minimum atomic E-state index is -0.726. The minimum Gasteiger partial charge on any atom is -0.360 e.